The van der Waals surface area contributed by atoms with Gasteiger partial charge in [-0.3, -0.25) is 4.76 Å². The molecule has 1 atom stereocenters. The number of hydrogen-bond acceptors (Lipinski definition) is 3. The molecule has 0 aromatic heterocycles. The van der Waals surface area contributed by atoms with Crippen molar-refractivity contribution in [3.63, 3.8) is 0 Å². The Morgan fingerprint density at radius 3 is 3.22 bits per heavy atom. The third-order valence-corrected chi connectivity index (χ3v) is 1.86. The lowest BCUT2D eigenvalue weighted by molar-refractivity contribution is -0.823. The quantitative estimate of drug-likeness (QED) is 0.445. The van der Waals surface area contributed by atoms with Gasteiger partial charge in [0, 0.05) is 6.42 Å². The normalized spacial score (nSPS) is 32.7. The van der Waals surface area contributed by atoms with Gasteiger partial charge < -0.3 is 5.23 Å². The van der Waals surface area contributed by atoms with E-state index < -0.39 is 0 Å². The van der Waals surface area contributed by atoms with Gasteiger partial charge in [-0.1, -0.05) is 0 Å². The lowest BCUT2D eigenvalue weighted by Crippen LogP contribution is -2.65. The molecule has 2 saturated heterocycles. The van der Waals surface area contributed by atoms with E-state index in [0.29, 0.717) is 4.92 Å². The number of nitrogens with one attached hydrogen (secondary N) is 1. The molecule has 0 radical (unpaired) electrons. The Bertz CT molecular complexity index is 152. The Kier molecular flexibility index (Phi) is 0.988. The molecule has 0 saturated carbocycles. The number of rotatable bonds is 0. The van der Waals surface area contributed by atoms with Crippen molar-refractivity contribution in [3.8, 4) is 0 Å². The highest BCUT2D eigenvalue weighted by atomic mass is 16.8. The molecule has 4 nitrogen and oxygen atoms in total. The van der Waals surface area contributed by atoms with E-state index >= 15 is 0 Å². The van der Waals surface area contributed by atoms with Crippen molar-refractivity contribution in [1.82, 2.24) is 5.23 Å². The molecule has 0 spiro atoms. The average molecular weight is 127 g/mol. The van der Waals surface area contributed by atoms with Gasteiger partial charge in [0.1, 0.15) is 0 Å². The Morgan fingerprint density at radius 1 is 1.78 bits per heavy atom. The van der Waals surface area contributed by atoms with Crippen LogP contribution in [0.4, 0.5) is 0 Å². The van der Waals surface area contributed by atoms with Gasteiger partial charge in [-0.15, -0.1) is 0 Å². The Labute approximate surface area is 53.2 Å². The first-order valence-electron chi connectivity index (χ1n) is 3.24. The fraction of sp³-hybridized carbons (Fsp3) is 1.00. The molecule has 9 heavy (non-hydrogen) atoms. The zero-order valence-electron chi connectivity index (χ0n) is 5.04. The van der Waals surface area contributed by atoms with E-state index in [-0.39, 0.29) is 13.0 Å². The molecule has 2 aliphatic heterocycles. The van der Waals surface area contributed by atoms with E-state index in [2.05, 4.69) is 5.23 Å². The van der Waals surface area contributed by atoms with Gasteiger partial charge in [-0.05, 0) is 13.0 Å². The van der Waals surface area contributed by atoms with Crippen LogP contribution in [-0.2, 0) is 4.76 Å². The van der Waals surface area contributed by atoms with Crippen LogP contribution in [0, 0.1) is 4.91 Å². The molecule has 1 N–H and O–H groups in total. The largest absolute Gasteiger partial charge is 0.624 e. The van der Waals surface area contributed by atoms with Gasteiger partial charge in [0.25, 0.3) is 5.94 Å². The minimum absolute atomic E-state index is 0.0243. The van der Waals surface area contributed by atoms with Crippen LogP contribution in [0.1, 0.15) is 12.8 Å². The van der Waals surface area contributed by atoms with Crippen LogP contribution in [0.3, 0.4) is 0 Å². The summed E-state index contributed by atoms with van der Waals surface area (Å²) >= 11 is 0. The molecule has 0 aromatic rings. The van der Waals surface area contributed by atoms with Crippen LogP contribution in [0.15, 0.2) is 0 Å². The molecule has 5 heteroatoms. The zero-order chi connectivity index (χ0) is 6.27. The summed E-state index contributed by atoms with van der Waals surface area (Å²) in [6.07, 6.45) is 2.06. The predicted molar refractivity (Wildman–Crippen MR) is 31.5 cm³/mol. The van der Waals surface area contributed by atoms with Crippen molar-refractivity contribution >= 4 is 7.05 Å². The fourth-order valence-electron chi connectivity index (χ4n) is 1.30. The summed E-state index contributed by atoms with van der Waals surface area (Å²) in [6.45, 7) is 0.981. The average Bonchev–Trinajstić information content (AvgIpc) is 1.86. The first-order chi connectivity index (χ1) is 4.38. The lowest BCUT2D eigenvalue weighted by Gasteiger charge is -2.25. The first kappa shape index (κ1) is 5.23. The van der Waals surface area contributed by atoms with E-state index in [1.165, 1.54) is 0 Å². The zero-order valence-corrected chi connectivity index (χ0v) is 5.04. The molecular weight excluding hydrogens is 119 g/mol. The molecule has 2 rings (SSSR count). The van der Waals surface area contributed by atoms with E-state index in [1.807, 2.05) is 0 Å². The van der Waals surface area contributed by atoms with Crippen LogP contribution < -0.4 is 5.23 Å². The second-order valence-corrected chi connectivity index (χ2v) is 2.48. The number of fused-ring (bicyclic) bond motifs is 1. The van der Waals surface area contributed by atoms with Gasteiger partial charge in [-0.2, -0.15) is 0 Å². The molecule has 2 aliphatic rings. The van der Waals surface area contributed by atoms with Crippen molar-refractivity contribution in [2.45, 2.75) is 18.8 Å². The van der Waals surface area contributed by atoms with Crippen molar-refractivity contribution in [3.05, 3.63) is 4.91 Å². The van der Waals surface area contributed by atoms with Crippen molar-refractivity contribution < 1.29 is 9.68 Å². The minimum atomic E-state index is 0.0243. The highest BCUT2D eigenvalue weighted by molar-refractivity contribution is 6.51. The van der Waals surface area contributed by atoms with Crippen LogP contribution in [-0.4, -0.2) is 24.5 Å². The Morgan fingerprint density at radius 2 is 2.67 bits per heavy atom. The maximum Gasteiger partial charge on any atom is 0.624 e. The van der Waals surface area contributed by atoms with E-state index in [9.17, 15) is 4.91 Å². The summed E-state index contributed by atoms with van der Waals surface area (Å²) in [5.41, 5.74) is 0. The number of hydrogen-bond donors (Lipinski definition) is 1. The third-order valence-electron chi connectivity index (χ3n) is 1.86. The molecule has 0 aromatic carbocycles. The summed E-state index contributed by atoms with van der Waals surface area (Å²) in [7, 11) is 0.0243. The molecule has 48 valence electrons. The molecule has 1 unspecified atom stereocenters. The van der Waals surface area contributed by atoms with Crippen LogP contribution in [0.25, 0.3) is 0 Å². The van der Waals surface area contributed by atoms with E-state index in [4.69, 9.17) is 4.76 Å². The monoisotopic (exact) mass is 127 g/mol. The highest BCUT2D eigenvalue weighted by Crippen LogP contribution is 2.18. The summed E-state index contributed by atoms with van der Waals surface area (Å²) in [6, 6.07) is 0. The minimum Gasteiger partial charge on any atom is -0.308 e. The standard InChI is InChI=1S/C4H8BN2O2/c8-7-4-2-1-3-6-5(4)9-7/h4,6H,1-3H2/q+1. The van der Waals surface area contributed by atoms with E-state index in [1.54, 1.807) is 0 Å². The maximum atomic E-state index is 10.5. The van der Waals surface area contributed by atoms with Crippen LogP contribution in [0.2, 0.25) is 0 Å². The van der Waals surface area contributed by atoms with Crippen LogP contribution >= 0.6 is 0 Å². The first-order valence-corrected chi connectivity index (χ1v) is 3.24. The van der Waals surface area contributed by atoms with E-state index in [0.717, 1.165) is 19.4 Å². The molecule has 2 fully saturated rings. The van der Waals surface area contributed by atoms with Crippen molar-refractivity contribution in [2.75, 3.05) is 6.54 Å². The van der Waals surface area contributed by atoms with Gasteiger partial charge >= 0.3 is 7.05 Å². The molecule has 0 amide bonds. The van der Waals surface area contributed by atoms with Gasteiger partial charge in [0.2, 0.25) is 4.92 Å². The van der Waals surface area contributed by atoms with Crippen molar-refractivity contribution in [2.24, 2.45) is 0 Å². The van der Waals surface area contributed by atoms with Gasteiger partial charge in [-0.25, -0.2) is 0 Å². The molecular formula is C4H8BN2O2+. The second kappa shape index (κ2) is 1.70. The highest BCUT2D eigenvalue weighted by Gasteiger charge is 2.60. The Hall–Kier alpha value is -0.575. The van der Waals surface area contributed by atoms with Gasteiger partial charge in [0.05, 0.1) is 4.91 Å². The fourth-order valence-corrected chi connectivity index (χ4v) is 1.30. The lowest BCUT2D eigenvalue weighted by atomic mass is 9.66. The van der Waals surface area contributed by atoms with Crippen molar-refractivity contribution in [1.29, 1.82) is 0 Å². The molecule has 0 bridgehead atoms. The van der Waals surface area contributed by atoms with Gasteiger partial charge in [0.15, 0.2) is 0 Å². The predicted octanol–water partition coefficient (Wildman–Crippen LogP) is -0.510. The maximum absolute atomic E-state index is 10.5. The number of nitrogens with zero attached hydrogens (tertiary/aromatic N) is 1. The van der Waals surface area contributed by atoms with Crippen LogP contribution in [0.5, 0.6) is 0 Å². The Balaban J connectivity index is 2.01. The molecule has 2 heterocycles. The smallest absolute Gasteiger partial charge is 0.308 e. The summed E-state index contributed by atoms with van der Waals surface area (Å²) < 4.78 is 4.71. The summed E-state index contributed by atoms with van der Waals surface area (Å²) in [4.78, 5) is 11.2. The summed E-state index contributed by atoms with van der Waals surface area (Å²) in [5, 5.41) is 3.09. The summed E-state index contributed by atoms with van der Waals surface area (Å²) in [5.74, 6) is 0.0961. The molecule has 0 aliphatic carbocycles. The topological polar surface area (TPSA) is 41.3 Å². The third kappa shape index (κ3) is 0.644. The second-order valence-electron chi connectivity index (χ2n) is 2.48. The SMILES string of the molecule is O=[N+]1OB2NCCCC21.